The predicted octanol–water partition coefficient (Wildman–Crippen LogP) is 1.03. The molecule has 0 bridgehead atoms. The molecule has 13 heavy (non-hydrogen) atoms. The maximum atomic E-state index is 10.7. The van der Waals surface area contributed by atoms with Gasteiger partial charge in [-0.15, -0.1) is 17.5 Å². The second-order valence-corrected chi connectivity index (χ2v) is 3.38. The van der Waals surface area contributed by atoms with Crippen LogP contribution in [0.25, 0.3) is 0 Å². The summed E-state index contributed by atoms with van der Waals surface area (Å²) in [5, 5.41) is 10.7. The van der Waals surface area contributed by atoms with Crippen LogP contribution in [0.3, 0.4) is 0 Å². The smallest absolute Gasteiger partial charge is 0.315 e. The SMILES string of the molecule is COC(=O)CSc1ccc([O-])cc1. The standard InChI is InChI=1S/C9H10O3S/c1-12-9(11)6-13-8-4-2-7(10)3-5-8/h2-5,10H,6H2,1H3/p-1. The molecule has 0 N–H and O–H groups in total. The van der Waals surface area contributed by atoms with Gasteiger partial charge in [-0.25, -0.2) is 0 Å². The highest BCUT2D eigenvalue weighted by molar-refractivity contribution is 8.00. The molecule has 0 aliphatic carbocycles. The van der Waals surface area contributed by atoms with E-state index in [1.165, 1.54) is 31.0 Å². The van der Waals surface area contributed by atoms with Gasteiger partial charge in [0.05, 0.1) is 12.9 Å². The van der Waals surface area contributed by atoms with E-state index in [-0.39, 0.29) is 17.5 Å². The third kappa shape index (κ3) is 3.38. The molecule has 1 rings (SSSR count). The molecule has 0 heterocycles. The molecule has 0 aliphatic rings. The third-order valence-corrected chi connectivity index (χ3v) is 2.39. The highest BCUT2D eigenvalue weighted by atomic mass is 32.2. The van der Waals surface area contributed by atoms with E-state index in [4.69, 9.17) is 0 Å². The van der Waals surface area contributed by atoms with Gasteiger partial charge in [-0.05, 0) is 12.1 Å². The third-order valence-electron chi connectivity index (χ3n) is 1.41. The van der Waals surface area contributed by atoms with Gasteiger partial charge in [-0.3, -0.25) is 4.79 Å². The van der Waals surface area contributed by atoms with Crippen molar-refractivity contribution in [2.24, 2.45) is 0 Å². The average molecular weight is 197 g/mol. The molecule has 0 saturated carbocycles. The lowest BCUT2D eigenvalue weighted by molar-refractivity contribution is -0.268. The highest BCUT2D eigenvalue weighted by Crippen LogP contribution is 2.19. The van der Waals surface area contributed by atoms with Crippen LogP contribution in [0.4, 0.5) is 0 Å². The Balaban J connectivity index is 2.46. The number of hydrogen-bond donors (Lipinski definition) is 0. The maximum absolute atomic E-state index is 10.7. The summed E-state index contributed by atoms with van der Waals surface area (Å²) < 4.78 is 4.47. The Bertz CT molecular complexity index is 281. The van der Waals surface area contributed by atoms with Crippen molar-refractivity contribution in [1.82, 2.24) is 0 Å². The van der Waals surface area contributed by atoms with E-state index in [0.29, 0.717) is 0 Å². The van der Waals surface area contributed by atoms with Crippen molar-refractivity contribution in [2.75, 3.05) is 12.9 Å². The van der Waals surface area contributed by atoms with Crippen molar-refractivity contribution < 1.29 is 14.6 Å². The summed E-state index contributed by atoms with van der Waals surface area (Å²) in [6, 6.07) is 6.32. The lowest BCUT2D eigenvalue weighted by atomic mass is 10.3. The van der Waals surface area contributed by atoms with E-state index in [1.54, 1.807) is 12.1 Å². The monoisotopic (exact) mass is 197 g/mol. The quantitative estimate of drug-likeness (QED) is 0.536. The Morgan fingerprint density at radius 2 is 2.08 bits per heavy atom. The molecule has 1 aromatic carbocycles. The predicted molar refractivity (Wildman–Crippen MR) is 48.6 cm³/mol. The Morgan fingerprint density at radius 1 is 1.46 bits per heavy atom. The number of carbonyl (C=O) groups is 1. The van der Waals surface area contributed by atoms with E-state index < -0.39 is 0 Å². The molecule has 0 atom stereocenters. The molecular formula is C9H9O3S-. The summed E-state index contributed by atoms with van der Waals surface area (Å²) in [5.74, 6) is -0.0204. The normalized spacial score (nSPS) is 9.62. The van der Waals surface area contributed by atoms with Crippen LogP contribution >= 0.6 is 11.8 Å². The van der Waals surface area contributed by atoms with Crippen LogP contribution in [0.15, 0.2) is 29.2 Å². The molecule has 0 radical (unpaired) electrons. The summed E-state index contributed by atoms with van der Waals surface area (Å²) >= 11 is 1.35. The van der Waals surface area contributed by atoms with Crippen molar-refractivity contribution in [3.63, 3.8) is 0 Å². The Kier molecular flexibility index (Phi) is 3.64. The van der Waals surface area contributed by atoms with Gasteiger partial charge < -0.3 is 9.84 Å². The van der Waals surface area contributed by atoms with Crippen LogP contribution in [0, 0.1) is 0 Å². The van der Waals surface area contributed by atoms with Crippen LogP contribution in [-0.4, -0.2) is 18.8 Å². The molecule has 3 nitrogen and oxygen atoms in total. The number of esters is 1. The van der Waals surface area contributed by atoms with Crippen LogP contribution < -0.4 is 5.11 Å². The van der Waals surface area contributed by atoms with Gasteiger partial charge in [0.15, 0.2) is 0 Å². The number of benzene rings is 1. The molecule has 0 fully saturated rings. The van der Waals surface area contributed by atoms with E-state index in [1.807, 2.05) is 0 Å². The highest BCUT2D eigenvalue weighted by Gasteiger charge is 2.00. The van der Waals surface area contributed by atoms with Crippen LogP contribution in [0.1, 0.15) is 0 Å². The van der Waals surface area contributed by atoms with Gasteiger partial charge in [0.1, 0.15) is 0 Å². The van der Waals surface area contributed by atoms with Gasteiger partial charge in [0.25, 0.3) is 0 Å². The second kappa shape index (κ2) is 4.77. The number of carbonyl (C=O) groups excluding carboxylic acids is 1. The van der Waals surface area contributed by atoms with Gasteiger partial charge in [-0.1, -0.05) is 12.1 Å². The molecule has 0 saturated heterocycles. The first kappa shape index (κ1) is 9.92. The molecule has 0 aromatic heterocycles. The zero-order valence-corrected chi connectivity index (χ0v) is 7.97. The summed E-state index contributed by atoms with van der Waals surface area (Å²) in [4.78, 5) is 11.6. The summed E-state index contributed by atoms with van der Waals surface area (Å²) in [5.41, 5.74) is 0. The van der Waals surface area contributed by atoms with Crippen molar-refractivity contribution in [3.05, 3.63) is 24.3 Å². The molecule has 1 aromatic rings. The molecule has 4 heteroatoms. The van der Waals surface area contributed by atoms with Crippen LogP contribution in [-0.2, 0) is 9.53 Å². The number of rotatable bonds is 3. The van der Waals surface area contributed by atoms with Crippen LogP contribution in [0.2, 0.25) is 0 Å². The zero-order valence-electron chi connectivity index (χ0n) is 7.15. The number of thioether (sulfide) groups is 1. The van der Waals surface area contributed by atoms with Crippen molar-refractivity contribution in [1.29, 1.82) is 0 Å². The fraction of sp³-hybridized carbons (Fsp3) is 0.222. The number of methoxy groups -OCH3 is 1. The molecule has 0 unspecified atom stereocenters. The second-order valence-electron chi connectivity index (χ2n) is 2.34. The Morgan fingerprint density at radius 3 is 2.62 bits per heavy atom. The summed E-state index contributed by atoms with van der Waals surface area (Å²) in [6.45, 7) is 0. The number of hydrogen-bond acceptors (Lipinski definition) is 4. The van der Waals surface area contributed by atoms with Crippen molar-refractivity contribution in [3.8, 4) is 5.75 Å². The lowest BCUT2D eigenvalue weighted by Gasteiger charge is -2.05. The average Bonchev–Trinajstić information content (AvgIpc) is 2.16. The first-order valence-electron chi connectivity index (χ1n) is 3.69. The molecule has 70 valence electrons. The summed E-state index contributed by atoms with van der Waals surface area (Å²) in [6.07, 6.45) is 0. The van der Waals surface area contributed by atoms with E-state index in [0.717, 1.165) is 4.90 Å². The van der Waals surface area contributed by atoms with Crippen molar-refractivity contribution >= 4 is 17.7 Å². The fourth-order valence-corrected chi connectivity index (χ4v) is 1.47. The molecule has 0 spiro atoms. The lowest BCUT2D eigenvalue weighted by Crippen LogP contribution is -2.02. The zero-order chi connectivity index (χ0) is 9.68. The van der Waals surface area contributed by atoms with Gasteiger partial charge in [0.2, 0.25) is 0 Å². The van der Waals surface area contributed by atoms with Crippen LogP contribution in [0.5, 0.6) is 5.75 Å². The minimum atomic E-state index is -0.267. The molecular weight excluding hydrogens is 188 g/mol. The minimum Gasteiger partial charge on any atom is -0.872 e. The Labute approximate surface area is 80.7 Å². The fourth-order valence-electron chi connectivity index (χ4n) is 0.737. The van der Waals surface area contributed by atoms with E-state index in [9.17, 15) is 9.90 Å². The molecule has 0 amide bonds. The van der Waals surface area contributed by atoms with Gasteiger partial charge >= 0.3 is 5.97 Å². The van der Waals surface area contributed by atoms with Gasteiger partial charge in [-0.2, -0.15) is 0 Å². The van der Waals surface area contributed by atoms with Crippen molar-refractivity contribution in [2.45, 2.75) is 4.90 Å². The largest absolute Gasteiger partial charge is 0.872 e. The number of ether oxygens (including phenoxy) is 1. The molecule has 0 aliphatic heterocycles. The minimum absolute atomic E-state index is 0.0255. The first-order valence-corrected chi connectivity index (χ1v) is 4.67. The van der Waals surface area contributed by atoms with E-state index in [2.05, 4.69) is 4.74 Å². The first-order chi connectivity index (χ1) is 6.22. The summed E-state index contributed by atoms with van der Waals surface area (Å²) in [7, 11) is 1.35. The van der Waals surface area contributed by atoms with E-state index >= 15 is 0 Å². The maximum Gasteiger partial charge on any atom is 0.315 e. The van der Waals surface area contributed by atoms with Gasteiger partial charge in [0, 0.05) is 4.90 Å². The Hall–Kier alpha value is -1.16. The topological polar surface area (TPSA) is 49.4 Å².